The van der Waals surface area contributed by atoms with Crippen molar-refractivity contribution in [2.45, 2.75) is 10.8 Å². The lowest BCUT2D eigenvalue weighted by Crippen LogP contribution is -2.13. The third kappa shape index (κ3) is 5.70. The number of nitrogens with zero attached hydrogens (tertiary/aromatic N) is 3. The van der Waals surface area contributed by atoms with Crippen molar-refractivity contribution in [1.29, 1.82) is 5.26 Å². The summed E-state index contributed by atoms with van der Waals surface area (Å²) in [5, 5.41) is 19.2. The van der Waals surface area contributed by atoms with Gasteiger partial charge in [-0.15, -0.1) is 0 Å². The van der Waals surface area contributed by atoms with Crippen LogP contribution in [0.2, 0.25) is 10.0 Å². The maximum atomic E-state index is 12.7. The summed E-state index contributed by atoms with van der Waals surface area (Å²) in [5.74, 6) is 0.455. The number of hydrogen-bond donors (Lipinski definition) is 1. The predicted molar refractivity (Wildman–Crippen MR) is 138 cm³/mol. The van der Waals surface area contributed by atoms with E-state index < -0.39 is 0 Å². The highest BCUT2D eigenvalue weighted by Crippen LogP contribution is 2.33. The molecule has 0 bridgehead atoms. The van der Waals surface area contributed by atoms with Crippen LogP contribution in [0.25, 0.3) is 11.8 Å². The lowest BCUT2D eigenvalue weighted by molar-refractivity contribution is -0.111. The van der Waals surface area contributed by atoms with Crippen LogP contribution in [0.4, 0.5) is 5.82 Å². The number of aromatic nitrogens is 2. The van der Waals surface area contributed by atoms with Crippen molar-refractivity contribution in [3.05, 3.63) is 112 Å². The van der Waals surface area contributed by atoms with Gasteiger partial charge in [0.05, 0.1) is 5.69 Å². The summed E-state index contributed by atoms with van der Waals surface area (Å²) in [6.07, 6.45) is 3.08. The van der Waals surface area contributed by atoms with Crippen molar-refractivity contribution in [3.63, 3.8) is 0 Å². The number of anilines is 1. The van der Waals surface area contributed by atoms with Crippen molar-refractivity contribution >= 4 is 52.8 Å². The zero-order valence-corrected chi connectivity index (χ0v) is 20.1. The monoisotopic (exact) mass is 504 g/mol. The van der Waals surface area contributed by atoms with E-state index in [4.69, 9.17) is 23.2 Å². The van der Waals surface area contributed by atoms with Gasteiger partial charge in [0, 0.05) is 21.9 Å². The topological polar surface area (TPSA) is 70.7 Å². The molecule has 1 aromatic heterocycles. The minimum absolute atomic E-state index is 0.286. The minimum Gasteiger partial charge on any atom is -0.306 e. The van der Waals surface area contributed by atoms with Gasteiger partial charge in [0.15, 0.2) is 5.82 Å². The highest BCUT2D eigenvalue weighted by Gasteiger charge is 2.21. The van der Waals surface area contributed by atoms with Crippen molar-refractivity contribution in [2.75, 3.05) is 5.32 Å². The summed E-state index contributed by atoms with van der Waals surface area (Å²) in [7, 11) is 0. The standard InChI is InChI=1S/C26H18Cl2N4OS/c27-20-13-10-18(11-14-20)12-15-24(33)30-25-22(16-29)26(31-32(25)21-7-2-1-3-8-21)34-17-19-6-4-5-9-23(19)28/h1-15H,17H2,(H,30,33)/b15-12+. The summed E-state index contributed by atoms with van der Waals surface area (Å²) < 4.78 is 1.57. The van der Waals surface area contributed by atoms with E-state index in [2.05, 4.69) is 16.5 Å². The fourth-order valence-corrected chi connectivity index (χ4v) is 4.51. The molecular formula is C26H18Cl2N4OS. The molecule has 1 amide bonds. The molecule has 0 aliphatic heterocycles. The van der Waals surface area contributed by atoms with Crippen LogP contribution in [-0.4, -0.2) is 15.7 Å². The van der Waals surface area contributed by atoms with E-state index in [1.165, 1.54) is 17.8 Å². The molecule has 0 unspecified atom stereocenters. The molecule has 0 saturated heterocycles. The van der Waals surface area contributed by atoms with Crippen molar-refractivity contribution in [3.8, 4) is 11.8 Å². The normalized spacial score (nSPS) is 10.9. The fraction of sp³-hybridized carbons (Fsp3) is 0.0385. The van der Waals surface area contributed by atoms with Crippen LogP contribution in [0.15, 0.2) is 90.0 Å². The number of hydrogen-bond acceptors (Lipinski definition) is 4. The summed E-state index contributed by atoms with van der Waals surface area (Å²) in [5.41, 5.74) is 2.77. The van der Waals surface area contributed by atoms with E-state index in [9.17, 15) is 10.1 Å². The third-order valence-electron chi connectivity index (χ3n) is 4.83. The van der Waals surface area contributed by atoms with Gasteiger partial charge in [-0.3, -0.25) is 4.79 Å². The average Bonchev–Trinajstić information content (AvgIpc) is 3.20. The van der Waals surface area contributed by atoms with Crippen LogP contribution in [-0.2, 0) is 10.5 Å². The van der Waals surface area contributed by atoms with Crippen molar-refractivity contribution in [2.24, 2.45) is 0 Å². The van der Waals surface area contributed by atoms with Gasteiger partial charge in [0.1, 0.15) is 16.7 Å². The van der Waals surface area contributed by atoms with Crippen LogP contribution in [0.1, 0.15) is 16.7 Å². The zero-order valence-electron chi connectivity index (χ0n) is 17.8. The minimum atomic E-state index is -0.383. The second-order valence-corrected chi connectivity index (χ2v) is 8.95. The number of nitrogens with one attached hydrogen (secondary N) is 1. The van der Waals surface area contributed by atoms with Crippen LogP contribution in [0.5, 0.6) is 0 Å². The van der Waals surface area contributed by atoms with Gasteiger partial charge in [-0.05, 0) is 47.5 Å². The number of benzene rings is 3. The smallest absolute Gasteiger partial charge is 0.249 e. The molecule has 0 fully saturated rings. The third-order valence-corrected chi connectivity index (χ3v) is 6.46. The summed E-state index contributed by atoms with van der Waals surface area (Å²) >= 11 is 13.6. The molecule has 4 rings (SSSR count). The second-order valence-electron chi connectivity index (χ2n) is 7.14. The second kappa shape index (κ2) is 11.1. The Labute approximate surface area is 211 Å². The highest BCUT2D eigenvalue weighted by molar-refractivity contribution is 7.98. The van der Waals surface area contributed by atoms with E-state index in [1.807, 2.05) is 66.7 Å². The van der Waals surface area contributed by atoms with Gasteiger partial charge in [-0.2, -0.15) is 10.4 Å². The van der Waals surface area contributed by atoms with Crippen LogP contribution < -0.4 is 5.32 Å². The van der Waals surface area contributed by atoms with E-state index in [-0.39, 0.29) is 11.5 Å². The van der Waals surface area contributed by atoms with E-state index in [0.717, 1.165) is 16.8 Å². The number of rotatable bonds is 7. The number of halogens is 2. The quantitative estimate of drug-likeness (QED) is 0.217. The maximum Gasteiger partial charge on any atom is 0.249 e. The number of thioether (sulfide) groups is 1. The SMILES string of the molecule is N#Cc1c(SCc2ccccc2Cl)nn(-c2ccccc2)c1NC(=O)/C=C/c1ccc(Cl)cc1. The van der Waals surface area contributed by atoms with Crippen molar-refractivity contribution < 1.29 is 4.79 Å². The molecule has 5 nitrogen and oxygen atoms in total. The zero-order chi connectivity index (χ0) is 23.9. The van der Waals surface area contributed by atoms with Crippen molar-refractivity contribution in [1.82, 2.24) is 9.78 Å². The first-order valence-electron chi connectivity index (χ1n) is 10.2. The average molecular weight is 505 g/mol. The Morgan fingerprint density at radius 3 is 2.44 bits per heavy atom. The van der Waals surface area contributed by atoms with Gasteiger partial charge in [0.2, 0.25) is 5.91 Å². The van der Waals surface area contributed by atoms with Gasteiger partial charge in [-0.25, -0.2) is 4.68 Å². The lowest BCUT2D eigenvalue weighted by Gasteiger charge is -2.07. The maximum absolute atomic E-state index is 12.7. The molecule has 8 heteroatoms. The molecule has 3 aromatic carbocycles. The number of para-hydroxylation sites is 1. The Morgan fingerprint density at radius 1 is 1.03 bits per heavy atom. The first-order valence-corrected chi connectivity index (χ1v) is 12.0. The molecule has 1 N–H and O–H groups in total. The number of amides is 1. The van der Waals surface area contributed by atoms with E-state index >= 15 is 0 Å². The summed E-state index contributed by atoms with van der Waals surface area (Å²) in [6.45, 7) is 0. The Bertz CT molecular complexity index is 1380. The molecule has 34 heavy (non-hydrogen) atoms. The Morgan fingerprint density at radius 2 is 1.74 bits per heavy atom. The Hall–Kier alpha value is -3.50. The number of nitriles is 1. The molecule has 0 atom stereocenters. The molecular weight excluding hydrogens is 487 g/mol. The van der Waals surface area contributed by atoms with Crippen LogP contribution >= 0.6 is 35.0 Å². The van der Waals surface area contributed by atoms with Gasteiger partial charge in [-0.1, -0.05) is 83.5 Å². The summed E-state index contributed by atoms with van der Waals surface area (Å²) in [4.78, 5) is 12.7. The molecule has 168 valence electrons. The van der Waals surface area contributed by atoms with Gasteiger partial charge >= 0.3 is 0 Å². The first-order chi connectivity index (χ1) is 16.5. The predicted octanol–water partition coefficient (Wildman–Crippen LogP) is 6.99. The molecule has 0 saturated carbocycles. The molecule has 4 aromatic rings. The largest absolute Gasteiger partial charge is 0.306 e. The Kier molecular flexibility index (Phi) is 7.71. The molecule has 0 aliphatic carbocycles. The molecule has 1 heterocycles. The van der Waals surface area contributed by atoms with Crippen LogP contribution in [0, 0.1) is 11.3 Å². The van der Waals surface area contributed by atoms with Gasteiger partial charge < -0.3 is 5.32 Å². The Balaban J connectivity index is 1.64. The van der Waals surface area contributed by atoms with Crippen LogP contribution in [0.3, 0.4) is 0 Å². The first kappa shape index (κ1) is 23.7. The van der Waals surface area contributed by atoms with E-state index in [1.54, 1.807) is 22.9 Å². The number of carbonyl (C=O) groups is 1. The summed E-state index contributed by atoms with van der Waals surface area (Å²) in [6, 6.07) is 26.2. The molecule has 0 spiro atoms. The van der Waals surface area contributed by atoms with Gasteiger partial charge in [0.25, 0.3) is 0 Å². The molecule has 0 radical (unpaired) electrons. The fourth-order valence-electron chi connectivity index (χ4n) is 3.14. The highest BCUT2D eigenvalue weighted by atomic mass is 35.5. The molecule has 0 aliphatic rings. The van der Waals surface area contributed by atoms with E-state index in [0.29, 0.717) is 26.6 Å². The lowest BCUT2D eigenvalue weighted by atomic mass is 10.2. The number of carbonyl (C=O) groups excluding carboxylic acids is 1.